The van der Waals surface area contributed by atoms with E-state index in [9.17, 15) is 4.39 Å². The largest absolute Gasteiger partial charge is 0.472 e. The van der Waals surface area contributed by atoms with Crippen molar-refractivity contribution < 1.29 is 8.81 Å². The van der Waals surface area contributed by atoms with Crippen molar-refractivity contribution in [3.05, 3.63) is 51.6 Å². The number of hydrogen-bond donors (Lipinski definition) is 1. The van der Waals surface area contributed by atoms with E-state index in [4.69, 9.17) is 16.0 Å². The van der Waals surface area contributed by atoms with E-state index < -0.39 is 0 Å². The summed E-state index contributed by atoms with van der Waals surface area (Å²) in [5.74, 6) is -0.370. The standard InChI is InChI=1S/C11H8BrClFNO/c12-9-3-8(14)4-10(13)11(9)15-5-7-1-2-16-6-7/h1-4,6,15H,5H2. The second-order valence-corrected chi connectivity index (χ2v) is 4.49. The first-order chi connectivity index (χ1) is 7.66. The topological polar surface area (TPSA) is 25.2 Å². The maximum absolute atomic E-state index is 13.0. The van der Waals surface area contributed by atoms with Gasteiger partial charge < -0.3 is 9.73 Å². The zero-order valence-electron chi connectivity index (χ0n) is 8.14. The number of anilines is 1. The lowest BCUT2D eigenvalue weighted by atomic mass is 10.3. The van der Waals surface area contributed by atoms with E-state index in [0.29, 0.717) is 21.7 Å². The minimum absolute atomic E-state index is 0.343. The van der Waals surface area contributed by atoms with E-state index in [1.165, 1.54) is 12.1 Å². The van der Waals surface area contributed by atoms with Crippen molar-refractivity contribution in [3.8, 4) is 0 Å². The van der Waals surface area contributed by atoms with Crippen molar-refractivity contribution in [1.82, 2.24) is 0 Å². The summed E-state index contributed by atoms with van der Waals surface area (Å²) in [6.45, 7) is 0.570. The summed E-state index contributed by atoms with van der Waals surface area (Å²) in [4.78, 5) is 0. The summed E-state index contributed by atoms with van der Waals surface area (Å²) >= 11 is 9.17. The Morgan fingerprint density at radius 3 is 2.88 bits per heavy atom. The van der Waals surface area contributed by atoms with Crippen LogP contribution in [-0.4, -0.2) is 0 Å². The van der Waals surface area contributed by atoms with E-state index in [1.54, 1.807) is 12.5 Å². The fraction of sp³-hybridized carbons (Fsp3) is 0.0909. The maximum Gasteiger partial charge on any atom is 0.125 e. The Bertz CT molecular complexity index is 464. The van der Waals surface area contributed by atoms with Gasteiger partial charge in [-0.1, -0.05) is 11.6 Å². The molecule has 1 aromatic carbocycles. The Hall–Kier alpha value is -1.00. The molecule has 0 aliphatic rings. The minimum atomic E-state index is -0.370. The molecule has 0 spiro atoms. The van der Waals surface area contributed by atoms with Gasteiger partial charge in [-0.25, -0.2) is 4.39 Å². The van der Waals surface area contributed by atoms with Gasteiger partial charge in [0.1, 0.15) is 5.82 Å². The molecule has 0 saturated carbocycles. The van der Waals surface area contributed by atoms with E-state index >= 15 is 0 Å². The number of benzene rings is 1. The summed E-state index contributed by atoms with van der Waals surface area (Å²) in [6, 6.07) is 4.48. The Morgan fingerprint density at radius 2 is 2.25 bits per heavy atom. The fourth-order valence-corrected chi connectivity index (χ4v) is 2.25. The van der Waals surface area contributed by atoms with Gasteiger partial charge in [0.2, 0.25) is 0 Å². The average molecular weight is 305 g/mol. The summed E-state index contributed by atoms with van der Waals surface area (Å²) in [7, 11) is 0. The van der Waals surface area contributed by atoms with Gasteiger partial charge in [-0.3, -0.25) is 0 Å². The van der Waals surface area contributed by atoms with Gasteiger partial charge in [0, 0.05) is 16.6 Å². The Kier molecular flexibility index (Phi) is 3.51. The molecule has 0 bridgehead atoms. The van der Waals surface area contributed by atoms with Crippen LogP contribution in [-0.2, 0) is 6.54 Å². The molecule has 1 aromatic heterocycles. The van der Waals surface area contributed by atoms with Crippen molar-refractivity contribution in [3.63, 3.8) is 0 Å². The number of rotatable bonds is 3. The predicted octanol–water partition coefficient (Wildman–Crippen LogP) is 4.45. The molecule has 0 amide bonds. The number of nitrogens with one attached hydrogen (secondary N) is 1. The van der Waals surface area contributed by atoms with Crippen molar-refractivity contribution in [2.75, 3.05) is 5.32 Å². The lowest BCUT2D eigenvalue weighted by Gasteiger charge is -2.09. The van der Waals surface area contributed by atoms with Crippen LogP contribution in [0.4, 0.5) is 10.1 Å². The van der Waals surface area contributed by atoms with Crippen LogP contribution in [0.3, 0.4) is 0 Å². The Labute approximate surface area is 106 Å². The van der Waals surface area contributed by atoms with Gasteiger partial charge in [-0.15, -0.1) is 0 Å². The first-order valence-corrected chi connectivity index (χ1v) is 5.73. The molecule has 0 unspecified atom stereocenters. The molecule has 0 aliphatic carbocycles. The van der Waals surface area contributed by atoms with Crippen LogP contribution < -0.4 is 5.32 Å². The first-order valence-electron chi connectivity index (χ1n) is 4.56. The molecular formula is C11H8BrClFNO. The highest BCUT2D eigenvalue weighted by molar-refractivity contribution is 9.10. The minimum Gasteiger partial charge on any atom is -0.472 e. The molecule has 2 rings (SSSR count). The average Bonchev–Trinajstić information content (AvgIpc) is 2.68. The number of halogens is 3. The van der Waals surface area contributed by atoms with E-state index in [2.05, 4.69) is 21.2 Å². The molecule has 5 heteroatoms. The van der Waals surface area contributed by atoms with Gasteiger partial charge in [0.15, 0.2) is 0 Å². The molecule has 84 valence electrons. The molecule has 1 N–H and O–H groups in total. The van der Waals surface area contributed by atoms with Crippen LogP contribution >= 0.6 is 27.5 Å². The molecule has 0 saturated heterocycles. The van der Waals surface area contributed by atoms with Crippen LogP contribution in [0.25, 0.3) is 0 Å². The van der Waals surface area contributed by atoms with E-state index in [1.807, 2.05) is 6.07 Å². The molecule has 0 atom stereocenters. The normalized spacial score (nSPS) is 10.4. The maximum atomic E-state index is 13.0. The highest BCUT2D eigenvalue weighted by Gasteiger charge is 2.07. The Morgan fingerprint density at radius 1 is 1.44 bits per heavy atom. The lowest BCUT2D eigenvalue weighted by Crippen LogP contribution is -2.00. The highest BCUT2D eigenvalue weighted by Crippen LogP contribution is 2.31. The van der Waals surface area contributed by atoms with Crippen LogP contribution in [0.5, 0.6) is 0 Å². The molecule has 1 heterocycles. The molecule has 0 fully saturated rings. The van der Waals surface area contributed by atoms with Crippen molar-refractivity contribution >= 4 is 33.2 Å². The van der Waals surface area contributed by atoms with Gasteiger partial charge >= 0.3 is 0 Å². The van der Waals surface area contributed by atoms with Crippen LogP contribution in [0.2, 0.25) is 5.02 Å². The monoisotopic (exact) mass is 303 g/mol. The molecule has 16 heavy (non-hydrogen) atoms. The molecule has 2 aromatic rings. The van der Waals surface area contributed by atoms with Gasteiger partial charge in [-0.2, -0.15) is 0 Å². The van der Waals surface area contributed by atoms with Crippen LogP contribution in [0.1, 0.15) is 5.56 Å². The first kappa shape index (κ1) is 11.5. The second-order valence-electron chi connectivity index (χ2n) is 3.23. The Balaban J connectivity index is 2.15. The SMILES string of the molecule is Fc1cc(Cl)c(NCc2ccoc2)c(Br)c1. The van der Waals surface area contributed by atoms with Crippen LogP contribution in [0, 0.1) is 5.82 Å². The number of furan rings is 1. The van der Waals surface area contributed by atoms with Gasteiger partial charge in [0.25, 0.3) is 0 Å². The van der Waals surface area contributed by atoms with Crippen molar-refractivity contribution in [2.24, 2.45) is 0 Å². The zero-order valence-corrected chi connectivity index (χ0v) is 10.5. The summed E-state index contributed by atoms with van der Waals surface area (Å²) in [5.41, 5.74) is 1.66. The third kappa shape index (κ3) is 2.57. The van der Waals surface area contributed by atoms with Crippen molar-refractivity contribution in [2.45, 2.75) is 6.54 Å². The zero-order chi connectivity index (χ0) is 11.5. The van der Waals surface area contributed by atoms with E-state index in [0.717, 1.165) is 5.56 Å². The van der Waals surface area contributed by atoms with E-state index in [-0.39, 0.29) is 5.82 Å². The second kappa shape index (κ2) is 4.89. The quantitative estimate of drug-likeness (QED) is 0.906. The third-order valence-corrected chi connectivity index (χ3v) is 2.98. The summed E-state index contributed by atoms with van der Waals surface area (Å²) < 4.78 is 18.5. The lowest BCUT2D eigenvalue weighted by molar-refractivity contribution is 0.564. The fourth-order valence-electron chi connectivity index (χ4n) is 1.29. The highest BCUT2D eigenvalue weighted by atomic mass is 79.9. The van der Waals surface area contributed by atoms with Crippen LogP contribution in [0.15, 0.2) is 39.6 Å². The molecule has 2 nitrogen and oxygen atoms in total. The summed E-state index contributed by atoms with van der Waals surface area (Å²) in [6.07, 6.45) is 3.23. The molecular weight excluding hydrogens is 296 g/mol. The summed E-state index contributed by atoms with van der Waals surface area (Å²) in [5, 5.41) is 3.45. The predicted molar refractivity (Wildman–Crippen MR) is 65.1 cm³/mol. The third-order valence-electron chi connectivity index (χ3n) is 2.06. The molecule has 0 radical (unpaired) electrons. The smallest absolute Gasteiger partial charge is 0.125 e. The molecule has 0 aliphatic heterocycles. The van der Waals surface area contributed by atoms with Crippen molar-refractivity contribution in [1.29, 1.82) is 0 Å². The number of hydrogen-bond acceptors (Lipinski definition) is 2. The van der Waals surface area contributed by atoms with Gasteiger partial charge in [0.05, 0.1) is 23.2 Å². The van der Waals surface area contributed by atoms with Gasteiger partial charge in [-0.05, 0) is 34.1 Å².